The van der Waals surface area contributed by atoms with Crippen molar-refractivity contribution in [1.82, 2.24) is 9.78 Å². The summed E-state index contributed by atoms with van der Waals surface area (Å²) in [6.45, 7) is 3.68. The van der Waals surface area contributed by atoms with Gasteiger partial charge in [0.25, 0.3) is 5.56 Å². The number of nitrogens with zero attached hydrogens (tertiary/aromatic N) is 2. The van der Waals surface area contributed by atoms with Crippen LogP contribution in [0, 0.1) is 6.92 Å². The summed E-state index contributed by atoms with van der Waals surface area (Å²) < 4.78 is 5.99. The number of hydrogen-bond donors (Lipinski definition) is 1. The quantitative estimate of drug-likeness (QED) is 0.515. The van der Waals surface area contributed by atoms with Crippen LogP contribution in [-0.4, -0.2) is 28.3 Å². The van der Waals surface area contributed by atoms with Crippen LogP contribution in [-0.2, 0) is 20.9 Å². The van der Waals surface area contributed by atoms with Crippen molar-refractivity contribution >= 4 is 34.4 Å². The molecule has 1 heterocycles. The number of fused-ring (bicyclic) bond motifs is 1. The minimum Gasteiger partial charge on any atom is -0.463 e. The summed E-state index contributed by atoms with van der Waals surface area (Å²) in [6.07, 6.45) is 2.97. The van der Waals surface area contributed by atoms with Gasteiger partial charge >= 0.3 is 5.97 Å². The van der Waals surface area contributed by atoms with Crippen molar-refractivity contribution in [1.29, 1.82) is 0 Å². The molecule has 0 saturated heterocycles. The molecule has 1 aromatic heterocycles. The average Bonchev–Trinajstić information content (AvgIpc) is 2.71. The second-order valence-electron chi connectivity index (χ2n) is 6.35. The molecule has 0 aliphatic rings. The number of ether oxygens (including phenoxy) is 1. The van der Waals surface area contributed by atoms with Crippen LogP contribution >= 0.6 is 0 Å². The molecular formula is C22H21N3O4. The Kier molecular flexibility index (Phi) is 6.19. The first-order valence-corrected chi connectivity index (χ1v) is 9.19. The fourth-order valence-corrected chi connectivity index (χ4v) is 2.88. The summed E-state index contributed by atoms with van der Waals surface area (Å²) in [5.41, 5.74) is 1.75. The van der Waals surface area contributed by atoms with E-state index in [4.69, 9.17) is 4.74 Å². The van der Waals surface area contributed by atoms with Crippen molar-refractivity contribution in [2.45, 2.75) is 20.4 Å². The Hall–Kier alpha value is -3.74. The molecule has 0 aliphatic heterocycles. The van der Waals surface area contributed by atoms with Crippen LogP contribution in [0.4, 0.5) is 5.69 Å². The first kappa shape index (κ1) is 20.0. The minimum atomic E-state index is -0.409. The molecule has 2 aromatic carbocycles. The van der Waals surface area contributed by atoms with Crippen molar-refractivity contribution in [3.8, 4) is 0 Å². The number of nitrogens with one attached hydrogen (secondary N) is 1. The lowest BCUT2D eigenvalue weighted by molar-refractivity contribution is -0.137. The molecule has 0 radical (unpaired) electrons. The Morgan fingerprint density at radius 1 is 1.10 bits per heavy atom. The van der Waals surface area contributed by atoms with Gasteiger partial charge in [-0.15, -0.1) is 0 Å². The van der Waals surface area contributed by atoms with E-state index in [1.807, 2.05) is 12.1 Å². The van der Waals surface area contributed by atoms with E-state index >= 15 is 0 Å². The van der Waals surface area contributed by atoms with Crippen LogP contribution in [0.15, 0.2) is 59.4 Å². The molecule has 0 saturated carbocycles. The van der Waals surface area contributed by atoms with Gasteiger partial charge in [-0.1, -0.05) is 30.3 Å². The molecular weight excluding hydrogens is 370 g/mol. The monoisotopic (exact) mass is 391 g/mol. The molecule has 3 aromatic rings. The lowest BCUT2D eigenvalue weighted by Gasteiger charge is -2.09. The van der Waals surface area contributed by atoms with Crippen molar-refractivity contribution in [2.24, 2.45) is 0 Å². The van der Waals surface area contributed by atoms with Crippen LogP contribution in [0.3, 0.4) is 0 Å². The average molecular weight is 391 g/mol. The van der Waals surface area contributed by atoms with Crippen LogP contribution in [0.2, 0.25) is 0 Å². The van der Waals surface area contributed by atoms with E-state index in [1.54, 1.807) is 56.3 Å². The highest BCUT2D eigenvalue weighted by Crippen LogP contribution is 2.13. The zero-order valence-electron chi connectivity index (χ0n) is 16.2. The van der Waals surface area contributed by atoms with Gasteiger partial charge in [-0.25, -0.2) is 9.48 Å². The van der Waals surface area contributed by atoms with E-state index in [0.717, 1.165) is 10.9 Å². The summed E-state index contributed by atoms with van der Waals surface area (Å²) in [4.78, 5) is 36.3. The Morgan fingerprint density at radius 2 is 1.79 bits per heavy atom. The maximum atomic E-state index is 12.6. The van der Waals surface area contributed by atoms with Crippen LogP contribution in [0.1, 0.15) is 18.2 Å². The number of amides is 1. The lowest BCUT2D eigenvalue weighted by atomic mass is 10.1. The van der Waals surface area contributed by atoms with Gasteiger partial charge in [-0.3, -0.25) is 9.59 Å². The molecule has 29 heavy (non-hydrogen) atoms. The SMILES string of the molecule is CCOC(=O)/C=C/c1ccc(NC(=O)Cn2nc(C)c3ccccc3c2=O)cc1. The number of anilines is 1. The van der Waals surface area contributed by atoms with E-state index in [1.165, 1.54) is 10.8 Å². The van der Waals surface area contributed by atoms with Gasteiger partial charge in [-0.05, 0) is 43.7 Å². The number of aromatic nitrogens is 2. The van der Waals surface area contributed by atoms with Crippen molar-refractivity contribution in [3.63, 3.8) is 0 Å². The van der Waals surface area contributed by atoms with E-state index in [-0.39, 0.29) is 18.0 Å². The predicted octanol–water partition coefficient (Wildman–Crippen LogP) is 2.92. The van der Waals surface area contributed by atoms with Crippen LogP contribution < -0.4 is 10.9 Å². The van der Waals surface area contributed by atoms with Gasteiger partial charge in [-0.2, -0.15) is 5.10 Å². The second kappa shape index (κ2) is 8.97. The molecule has 0 fully saturated rings. The zero-order chi connectivity index (χ0) is 20.8. The van der Waals surface area contributed by atoms with Gasteiger partial charge in [0.05, 0.1) is 17.7 Å². The molecule has 0 aliphatic carbocycles. The normalized spacial score (nSPS) is 11.0. The molecule has 148 valence electrons. The number of rotatable bonds is 6. The minimum absolute atomic E-state index is 0.185. The Labute approximate surface area is 167 Å². The Morgan fingerprint density at radius 3 is 2.48 bits per heavy atom. The summed E-state index contributed by atoms with van der Waals surface area (Å²) in [6, 6.07) is 14.1. The molecule has 7 nitrogen and oxygen atoms in total. The maximum absolute atomic E-state index is 12.6. The fraction of sp³-hybridized carbons (Fsp3) is 0.182. The highest BCUT2D eigenvalue weighted by molar-refractivity contribution is 5.91. The van der Waals surface area contributed by atoms with Gasteiger partial charge < -0.3 is 10.1 Å². The smallest absolute Gasteiger partial charge is 0.330 e. The highest BCUT2D eigenvalue weighted by atomic mass is 16.5. The van der Waals surface area contributed by atoms with E-state index in [0.29, 0.717) is 23.4 Å². The highest BCUT2D eigenvalue weighted by Gasteiger charge is 2.11. The Balaban J connectivity index is 1.68. The van der Waals surface area contributed by atoms with Crippen molar-refractivity contribution in [3.05, 3.63) is 76.2 Å². The van der Waals surface area contributed by atoms with Crippen LogP contribution in [0.5, 0.6) is 0 Å². The molecule has 0 bridgehead atoms. The fourth-order valence-electron chi connectivity index (χ4n) is 2.88. The number of aryl methyl sites for hydroxylation is 1. The molecule has 1 N–H and O–H groups in total. The number of carbonyl (C=O) groups excluding carboxylic acids is 2. The second-order valence-corrected chi connectivity index (χ2v) is 6.35. The van der Waals surface area contributed by atoms with E-state index in [9.17, 15) is 14.4 Å². The predicted molar refractivity (Wildman–Crippen MR) is 111 cm³/mol. The van der Waals surface area contributed by atoms with Crippen molar-refractivity contribution in [2.75, 3.05) is 11.9 Å². The summed E-state index contributed by atoms with van der Waals surface area (Å²) in [5.74, 6) is -0.766. The first-order valence-electron chi connectivity index (χ1n) is 9.19. The van der Waals surface area contributed by atoms with Gasteiger partial charge in [0.2, 0.25) is 5.91 Å². The number of benzene rings is 2. The largest absolute Gasteiger partial charge is 0.463 e. The molecule has 3 rings (SSSR count). The van der Waals surface area contributed by atoms with Gasteiger partial charge in [0.1, 0.15) is 6.54 Å². The standard InChI is InChI=1S/C22H21N3O4/c1-3-29-21(27)13-10-16-8-11-17(12-9-16)23-20(26)14-25-22(28)19-7-5-4-6-18(19)15(2)24-25/h4-13H,3,14H2,1-2H3,(H,23,26)/b13-10+. The molecule has 1 amide bonds. The third-order valence-electron chi connectivity index (χ3n) is 4.24. The number of hydrogen-bond acceptors (Lipinski definition) is 5. The van der Waals surface area contributed by atoms with Gasteiger partial charge in [0.15, 0.2) is 0 Å². The third kappa shape index (κ3) is 4.95. The summed E-state index contributed by atoms with van der Waals surface area (Å²) >= 11 is 0. The maximum Gasteiger partial charge on any atom is 0.330 e. The van der Waals surface area contributed by atoms with Crippen LogP contribution in [0.25, 0.3) is 16.8 Å². The first-order chi connectivity index (χ1) is 14.0. The third-order valence-corrected chi connectivity index (χ3v) is 4.24. The topological polar surface area (TPSA) is 90.3 Å². The number of esters is 1. The molecule has 7 heteroatoms. The van der Waals surface area contributed by atoms with E-state index < -0.39 is 5.97 Å². The van der Waals surface area contributed by atoms with Crippen molar-refractivity contribution < 1.29 is 14.3 Å². The lowest BCUT2D eigenvalue weighted by Crippen LogP contribution is -2.30. The summed E-state index contributed by atoms with van der Waals surface area (Å²) in [5, 5.41) is 8.30. The van der Waals surface area contributed by atoms with E-state index in [2.05, 4.69) is 10.4 Å². The number of carbonyl (C=O) groups is 2. The zero-order valence-corrected chi connectivity index (χ0v) is 16.2. The molecule has 0 unspecified atom stereocenters. The molecule has 0 spiro atoms. The molecule has 0 atom stereocenters. The Bertz CT molecular complexity index is 1130. The van der Waals surface area contributed by atoms with Gasteiger partial charge in [0, 0.05) is 17.1 Å². The summed E-state index contributed by atoms with van der Waals surface area (Å²) in [7, 11) is 0.